The van der Waals surface area contributed by atoms with Crippen LogP contribution in [0.25, 0.3) is 43.4 Å². The van der Waals surface area contributed by atoms with Crippen LogP contribution in [0.1, 0.15) is 26.3 Å². The molecule has 0 heterocycles. The molecular weight excluding hydrogens is 364 g/mol. The van der Waals surface area contributed by atoms with E-state index >= 15 is 0 Å². The number of nitrogen functional groups attached to an aromatic ring is 2. The second-order valence-electron chi connectivity index (χ2n) is 9.13. The minimum Gasteiger partial charge on any atom is -0.398 e. The Bertz CT molecular complexity index is 1420. The molecule has 148 valence electrons. The van der Waals surface area contributed by atoms with Crippen LogP contribution in [0.15, 0.2) is 78.9 Å². The molecule has 5 aromatic rings. The van der Waals surface area contributed by atoms with E-state index in [1.165, 1.54) is 11.1 Å². The molecule has 0 unspecified atom stereocenters. The highest BCUT2D eigenvalue weighted by atomic mass is 14.6. The number of rotatable bonds is 1. The average molecular weight is 391 g/mol. The number of nitrogens with two attached hydrogens (primary N) is 2. The van der Waals surface area contributed by atoms with Gasteiger partial charge in [-0.25, -0.2) is 0 Å². The highest BCUT2D eigenvalue weighted by Crippen LogP contribution is 2.41. The van der Waals surface area contributed by atoms with Crippen LogP contribution in [0.3, 0.4) is 0 Å². The molecule has 5 aromatic carbocycles. The van der Waals surface area contributed by atoms with Crippen molar-refractivity contribution >= 4 is 43.7 Å². The predicted octanol–water partition coefficient (Wildman–Crippen LogP) is 7.28. The molecule has 0 saturated heterocycles. The van der Waals surface area contributed by atoms with Crippen molar-refractivity contribution in [2.45, 2.75) is 26.2 Å². The quantitative estimate of drug-likeness (QED) is 0.233. The third-order valence-corrected chi connectivity index (χ3v) is 6.12. The van der Waals surface area contributed by atoms with E-state index in [0.29, 0.717) is 0 Å². The molecule has 0 radical (unpaired) electrons. The SMILES string of the molecule is CC(C)(C)c1ccc(-c2cccc3c2c(N)cc2c4ccccc4c(N)cc32)cc1. The van der Waals surface area contributed by atoms with Gasteiger partial charge in [0.05, 0.1) is 0 Å². The molecule has 0 atom stereocenters. The van der Waals surface area contributed by atoms with Crippen LogP contribution >= 0.6 is 0 Å². The standard InChI is InChI=1S/C28H26N2/c1-28(2,3)18-13-11-17(12-14-18)19-9-6-10-22-24-15-25(29)21-8-5-4-7-20(21)23(24)16-26(30)27(19)22/h4-16H,29-30H2,1-3H3. The summed E-state index contributed by atoms with van der Waals surface area (Å²) in [7, 11) is 0. The monoisotopic (exact) mass is 390 g/mol. The molecular formula is C28H26N2. The predicted molar refractivity (Wildman–Crippen MR) is 132 cm³/mol. The Kier molecular flexibility index (Phi) is 4.01. The van der Waals surface area contributed by atoms with Crippen molar-refractivity contribution in [3.8, 4) is 11.1 Å². The first-order valence-corrected chi connectivity index (χ1v) is 10.4. The van der Waals surface area contributed by atoms with Crippen molar-refractivity contribution in [1.82, 2.24) is 0 Å². The van der Waals surface area contributed by atoms with Crippen LogP contribution in [0.4, 0.5) is 11.4 Å². The Morgan fingerprint density at radius 1 is 0.567 bits per heavy atom. The second kappa shape index (κ2) is 6.50. The van der Waals surface area contributed by atoms with Crippen LogP contribution in [0, 0.1) is 0 Å². The van der Waals surface area contributed by atoms with Crippen molar-refractivity contribution in [1.29, 1.82) is 0 Å². The van der Waals surface area contributed by atoms with Gasteiger partial charge in [-0.3, -0.25) is 0 Å². The van der Waals surface area contributed by atoms with Crippen LogP contribution in [-0.2, 0) is 5.41 Å². The number of fused-ring (bicyclic) bond motifs is 5. The van der Waals surface area contributed by atoms with E-state index in [4.69, 9.17) is 11.5 Å². The van der Waals surface area contributed by atoms with E-state index in [9.17, 15) is 0 Å². The van der Waals surface area contributed by atoms with Gasteiger partial charge in [0, 0.05) is 22.1 Å². The van der Waals surface area contributed by atoms with Crippen LogP contribution in [0.5, 0.6) is 0 Å². The fraction of sp³-hybridized carbons (Fsp3) is 0.143. The molecule has 0 fully saturated rings. The van der Waals surface area contributed by atoms with E-state index in [2.05, 4.69) is 93.6 Å². The molecule has 0 saturated carbocycles. The summed E-state index contributed by atoms with van der Waals surface area (Å²) < 4.78 is 0. The zero-order chi connectivity index (χ0) is 21.0. The zero-order valence-electron chi connectivity index (χ0n) is 17.7. The van der Waals surface area contributed by atoms with Gasteiger partial charge in [-0.2, -0.15) is 0 Å². The third kappa shape index (κ3) is 2.80. The fourth-order valence-corrected chi connectivity index (χ4v) is 4.51. The molecule has 4 N–H and O–H groups in total. The van der Waals surface area contributed by atoms with Crippen LogP contribution in [0.2, 0.25) is 0 Å². The van der Waals surface area contributed by atoms with Gasteiger partial charge in [0.1, 0.15) is 0 Å². The summed E-state index contributed by atoms with van der Waals surface area (Å²) >= 11 is 0. The lowest BCUT2D eigenvalue weighted by Gasteiger charge is -2.20. The van der Waals surface area contributed by atoms with Gasteiger partial charge in [0.2, 0.25) is 0 Å². The maximum Gasteiger partial charge on any atom is 0.0406 e. The molecule has 30 heavy (non-hydrogen) atoms. The lowest BCUT2D eigenvalue weighted by molar-refractivity contribution is 0.590. The minimum atomic E-state index is 0.130. The van der Waals surface area contributed by atoms with Gasteiger partial charge in [-0.05, 0) is 55.8 Å². The molecule has 2 heteroatoms. The lowest BCUT2D eigenvalue weighted by atomic mass is 9.85. The van der Waals surface area contributed by atoms with Crippen molar-refractivity contribution in [3.63, 3.8) is 0 Å². The second-order valence-corrected chi connectivity index (χ2v) is 9.13. The first-order valence-electron chi connectivity index (χ1n) is 10.4. The van der Waals surface area contributed by atoms with Crippen molar-refractivity contribution in [2.75, 3.05) is 11.5 Å². The Morgan fingerprint density at radius 3 is 1.87 bits per heavy atom. The highest BCUT2D eigenvalue weighted by molar-refractivity contribution is 6.24. The van der Waals surface area contributed by atoms with E-state index in [1.807, 2.05) is 6.07 Å². The Balaban J connectivity index is 1.83. The zero-order valence-corrected chi connectivity index (χ0v) is 17.7. The molecule has 5 rings (SSSR count). The number of benzene rings is 5. The molecule has 2 nitrogen and oxygen atoms in total. The van der Waals surface area contributed by atoms with Gasteiger partial charge in [-0.1, -0.05) is 87.5 Å². The average Bonchev–Trinajstić information content (AvgIpc) is 2.74. The van der Waals surface area contributed by atoms with E-state index < -0.39 is 0 Å². The van der Waals surface area contributed by atoms with Gasteiger partial charge in [-0.15, -0.1) is 0 Å². The summed E-state index contributed by atoms with van der Waals surface area (Å²) in [6.07, 6.45) is 0. The fourth-order valence-electron chi connectivity index (χ4n) is 4.51. The highest BCUT2D eigenvalue weighted by Gasteiger charge is 2.16. The van der Waals surface area contributed by atoms with Gasteiger partial charge >= 0.3 is 0 Å². The van der Waals surface area contributed by atoms with Crippen molar-refractivity contribution in [2.24, 2.45) is 0 Å². The summed E-state index contributed by atoms with van der Waals surface area (Å²) in [6, 6.07) is 27.7. The largest absolute Gasteiger partial charge is 0.398 e. The smallest absolute Gasteiger partial charge is 0.0406 e. The number of hydrogen-bond donors (Lipinski definition) is 2. The Hall–Kier alpha value is -3.52. The van der Waals surface area contributed by atoms with Gasteiger partial charge in [0.25, 0.3) is 0 Å². The maximum absolute atomic E-state index is 6.66. The summed E-state index contributed by atoms with van der Waals surface area (Å²) in [5.41, 5.74) is 18.5. The van der Waals surface area contributed by atoms with E-state index in [1.54, 1.807) is 0 Å². The molecule has 0 aliphatic heterocycles. The van der Waals surface area contributed by atoms with Gasteiger partial charge in [0.15, 0.2) is 0 Å². The van der Waals surface area contributed by atoms with Gasteiger partial charge < -0.3 is 11.5 Å². The summed E-state index contributed by atoms with van der Waals surface area (Å²) in [5, 5.41) is 6.72. The third-order valence-electron chi connectivity index (χ3n) is 6.12. The molecule has 0 bridgehead atoms. The number of anilines is 2. The first kappa shape index (κ1) is 18.5. The Labute approximate surface area is 177 Å². The molecule has 0 aliphatic rings. The Morgan fingerprint density at radius 2 is 1.17 bits per heavy atom. The topological polar surface area (TPSA) is 52.0 Å². The number of hydrogen-bond acceptors (Lipinski definition) is 2. The van der Waals surface area contributed by atoms with E-state index in [0.717, 1.165) is 49.3 Å². The minimum absolute atomic E-state index is 0.130. The summed E-state index contributed by atoms with van der Waals surface area (Å²) in [5.74, 6) is 0. The first-order chi connectivity index (χ1) is 14.3. The normalized spacial score (nSPS) is 12.1. The molecule has 0 aromatic heterocycles. The van der Waals surface area contributed by atoms with Crippen molar-refractivity contribution in [3.05, 3.63) is 84.4 Å². The van der Waals surface area contributed by atoms with Crippen molar-refractivity contribution < 1.29 is 0 Å². The van der Waals surface area contributed by atoms with E-state index in [-0.39, 0.29) is 5.41 Å². The lowest BCUT2D eigenvalue weighted by Crippen LogP contribution is -2.10. The maximum atomic E-state index is 6.66. The summed E-state index contributed by atoms with van der Waals surface area (Å²) in [6.45, 7) is 6.70. The van der Waals surface area contributed by atoms with Crippen LogP contribution in [-0.4, -0.2) is 0 Å². The molecule has 0 amide bonds. The molecule has 0 spiro atoms. The van der Waals surface area contributed by atoms with Crippen LogP contribution < -0.4 is 11.5 Å². The molecule has 0 aliphatic carbocycles. The summed E-state index contributed by atoms with van der Waals surface area (Å²) in [4.78, 5) is 0.